The van der Waals surface area contributed by atoms with Crippen LogP contribution in [-0.2, 0) is 26.5 Å². The van der Waals surface area contributed by atoms with Crippen LogP contribution in [0.15, 0.2) is 83.7 Å². The van der Waals surface area contributed by atoms with Gasteiger partial charge in [0, 0.05) is 41.9 Å². The lowest BCUT2D eigenvalue weighted by molar-refractivity contribution is -0.169. The number of aliphatic hydroxyl groups excluding tert-OH is 1. The molecular formula is C37H42N4O6S2. The molecule has 5 N–H and O–H groups in total. The lowest BCUT2D eigenvalue weighted by Gasteiger charge is -2.35. The third kappa shape index (κ3) is 7.84. The first kappa shape index (κ1) is 34.7. The van der Waals surface area contributed by atoms with E-state index in [-0.39, 0.29) is 24.1 Å². The highest BCUT2D eigenvalue weighted by Crippen LogP contribution is 2.38. The molecular weight excluding hydrogens is 661 g/mol. The van der Waals surface area contributed by atoms with Crippen molar-refractivity contribution in [1.29, 1.82) is 0 Å². The number of aryl methyl sites for hydroxylation is 1. The average Bonchev–Trinajstić information content (AvgIpc) is 3.92. The Morgan fingerprint density at radius 3 is 2.47 bits per heavy atom. The molecule has 1 aliphatic carbocycles. The molecule has 1 atom stereocenters. The molecule has 0 bridgehead atoms. The second-order valence-electron chi connectivity index (χ2n) is 12.6. The number of anilines is 2. The van der Waals surface area contributed by atoms with Gasteiger partial charge in [-0.3, -0.25) is 4.79 Å². The van der Waals surface area contributed by atoms with Crippen molar-refractivity contribution in [2.75, 3.05) is 30.8 Å². The number of carbonyl (C=O) groups is 2. The molecule has 1 amide bonds. The van der Waals surface area contributed by atoms with Gasteiger partial charge in [0.05, 0.1) is 21.5 Å². The third-order valence-electron chi connectivity index (χ3n) is 9.39. The number of hydrogen-bond acceptors (Lipinski definition) is 10. The fourth-order valence-electron chi connectivity index (χ4n) is 6.58. The normalized spacial score (nSPS) is 17.2. The molecule has 258 valence electrons. The summed E-state index contributed by atoms with van der Waals surface area (Å²) in [6.07, 6.45) is 5.96. The largest absolute Gasteiger partial charge is 0.506 e. The highest BCUT2D eigenvalue weighted by molar-refractivity contribution is 7.12. The summed E-state index contributed by atoms with van der Waals surface area (Å²) in [6.45, 7) is 2.10. The maximum atomic E-state index is 13.4. The zero-order chi connectivity index (χ0) is 34.4. The second-order valence-corrected chi connectivity index (χ2v) is 14.4. The maximum absolute atomic E-state index is 13.4. The Kier molecular flexibility index (Phi) is 11.0. The molecule has 0 spiro atoms. The van der Waals surface area contributed by atoms with E-state index >= 15 is 0 Å². The van der Waals surface area contributed by atoms with Gasteiger partial charge in [0.25, 0.3) is 0 Å². The van der Waals surface area contributed by atoms with Crippen molar-refractivity contribution >= 4 is 57.3 Å². The van der Waals surface area contributed by atoms with E-state index in [9.17, 15) is 24.9 Å². The molecule has 6 rings (SSSR count). The minimum Gasteiger partial charge on any atom is -0.506 e. The van der Waals surface area contributed by atoms with Crippen LogP contribution < -0.4 is 10.6 Å². The van der Waals surface area contributed by atoms with Gasteiger partial charge in [-0.1, -0.05) is 18.2 Å². The zero-order valence-corrected chi connectivity index (χ0v) is 29.0. The molecule has 2 aromatic carbocycles. The molecule has 0 aliphatic heterocycles. The predicted octanol–water partition coefficient (Wildman–Crippen LogP) is 6.30. The van der Waals surface area contributed by atoms with Gasteiger partial charge in [-0.2, -0.15) is 0 Å². The van der Waals surface area contributed by atoms with E-state index in [2.05, 4.69) is 51.5 Å². The Hall–Kier alpha value is -4.20. The van der Waals surface area contributed by atoms with E-state index in [1.807, 2.05) is 29.0 Å². The molecule has 0 radical (unpaired) electrons. The topological polar surface area (TPSA) is 136 Å². The smallest absolute Gasteiger partial charge is 0.349 e. The standard InChI is InChI=1S/C37H42N4O6S2/c1-40(28-9-11-29(12-10-28)47-36(45)37(46,34-5-2-19-48-34)35-6-3-20-49-35)16-4-17-41-18-15-25-21-27(8-13-31(25)41)38-23-33(44)26-7-14-32(43)30(22-26)39-24-42/h2-3,5-8,13-15,18-22,24,28-29,33,38,43-44,46H,4,9-12,16-17,23H2,1H3,(H,39,42)/t28?,29?,33-/m0/s1. The van der Waals surface area contributed by atoms with Crippen molar-refractivity contribution in [3.05, 3.63) is 99.0 Å². The van der Waals surface area contributed by atoms with Gasteiger partial charge in [-0.25, -0.2) is 4.79 Å². The first-order valence-electron chi connectivity index (χ1n) is 16.5. The van der Waals surface area contributed by atoms with E-state index in [0.717, 1.165) is 61.8 Å². The van der Waals surface area contributed by atoms with Crippen molar-refractivity contribution in [1.82, 2.24) is 9.47 Å². The van der Waals surface area contributed by atoms with Gasteiger partial charge in [-0.15, -0.1) is 22.7 Å². The number of benzene rings is 2. The minimum absolute atomic E-state index is 0.0597. The molecule has 3 heterocycles. The van der Waals surface area contributed by atoms with Crippen molar-refractivity contribution in [2.24, 2.45) is 0 Å². The number of aromatic hydroxyl groups is 1. The van der Waals surface area contributed by atoms with Crippen molar-refractivity contribution in [3.8, 4) is 5.75 Å². The van der Waals surface area contributed by atoms with Gasteiger partial charge in [0.15, 0.2) is 0 Å². The van der Waals surface area contributed by atoms with E-state index in [1.54, 1.807) is 24.3 Å². The number of nitrogens with one attached hydrogen (secondary N) is 2. The maximum Gasteiger partial charge on any atom is 0.349 e. The van der Waals surface area contributed by atoms with Crippen LogP contribution in [0.25, 0.3) is 10.9 Å². The summed E-state index contributed by atoms with van der Waals surface area (Å²) < 4.78 is 8.20. The highest BCUT2D eigenvalue weighted by atomic mass is 32.1. The zero-order valence-electron chi connectivity index (χ0n) is 27.3. The molecule has 1 saturated carbocycles. The van der Waals surface area contributed by atoms with Crippen LogP contribution >= 0.6 is 22.7 Å². The Morgan fingerprint density at radius 1 is 1.06 bits per heavy atom. The summed E-state index contributed by atoms with van der Waals surface area (Å²) in [6, 6.07) is 20.5. The highest BCUT2D eigenvalue weighted by Gasteiger charge is 2.45. The summed E-state index contributed by atoms with van der Waals surface area (Å²) in [5.74, 6) is -0.651. The predicted molar refractivity (Wildman–Crippen MR) is 194 cm³/mol. The number of esters is 1. The van der Waals surface area contributed by atoms with Crippen molar-refractivity contribution < 1.29 is 29.6 Å². The number of phenols is 1. The average molecular weight is 703 g/mol. The Labute approximate surface area is 293 Å². The Bertz CT molecular complexity index is 1800. The van der Waals surface area contributed by atoms with E-state index in [0.29, 0.717) is 27.8 Å². The van der Waals surface area contributed by atoms with Crippen LogP contribution in [-0.4, -0.2) is 69.4 Å². The van der Waals surface area contributed by atoms with Crippen LogP contribution in [0.4, 0.5) is 11.4 Å². The van der Waals surface area contributed by atoms with Crippen molar-refractivity contribution in [2.45, 2.75) is 62.5 Å². The fraction of sp³-hybridized carbons (Fsp3) is 0.351. The van der Waals surface area contributed by atoms with Crippen LogP contribution in [0.3, 0.4) is 0 Å². The number of nitrogens with zero attached hydrogens (tertiary/aromatic N) is 2. The number of hydrogen-bond donors (Lipinski definition) is 5. The minimum atomic E-state index is -1.77. The number of ether oxygens (including phenoxy) is 1. The number of phenolic OH excluding ortho intramolecular Hbond substituents is 1. The lowest BCUT2D eigenvalue weighted by Crippen LogP contribution is -2.42. The molecule has 1 fully saturated rings. The lowest BCUT2D eigenvalue weighted by atomic mass is 9.91. The summed E-state index contributed by atoms with van der Waals surface area (Å²) in [5, 5.41) is 42.6. The van der Waals surface area contributed by atoms with Crippen LogP contribution in [0.5, 0.6) is 5.75 Å². The van der Waals surface area contributed by atoms with E-state index in [4.69, 9.17) is 4.74 Å². The molecule has 10 nitrogen and oxygen atoms in total. The molecule has 5 aromatic rings. The molecule has 49 heavy (non-hydrogen) atoms. The SMILES string of the molecule is CN(CCCn1ccc2cc(NC[C@H](O)c3ccc(O)c(NC=O)c3)ccc21)C1CCC(OC(=O)C(O)(c2cccs2)c2cccs2)CC1. The number of fused-ring (bicyclic) bond motifs is 1. The van der Waals surface area contributed by atoms with E-state index in [1.165, 1.54) is 28.7 Å². The number of aliphatic hydroxyl groups is 2. The van der Waals surface area contributed by atoms with Crippen molar-refractivity contribution in [3.63, 3.8) is 0 Å². The van der Waals surface area contributed by atoms with Gasteiger partial charge < -0.3 is 40.2 Å². The summed E-state index contributed by atoms with van der Waals surface area (Å²) in [4.78, 5) is 27.7. The van der Waals surface area contributed by atoms with E-state index < -0.39 is 17.7 Å². The Balaban J connectivity index is 0.954. The quantitative estimate of drug-likeness (QED) is 0.0488. The fourth-order valence-corrected chi connectivity index (χ4v) is 8.30. The summed E-state index contributed by atoms with van der Waals surface area (Å²) in [7, 11) is 2.17. The monoisotopic (exact) mass is 702 g/mol. The van der Waals surface area contributed by atoms with Crippen LogP contribution in [0.2, 0.25) is 0 Å². The first-order valence-corrected chi connectivity index (χ1v) is 18.3. The second kappa shape index (κ2) is 15.6. The number of thiophene rings is 2. The van der Waals surface area contributed by atoms with Gasteiger partial charge in [0.1, 0.15) is 11.9 Å². The van der Waals surface area contributed by atoms with Crippen LogP contribution in [0, 0.1) is 0 Å². The number of carbonyl (C=O) groups excluding carboxylic acids is 2. The molecule has 0 saturated heterocycles. The molecule has 12 heteroatoms. The van der Waals surface area contributed by atoms with Gasteiger partial charge in [0.2, 0.25) is 12.0 Å². The van der Waals surface area contributed by atoms with Gasteiger partial charge in [-0.05, 0) is 111 Å². The molecule has 3 aromatic heterocycles. The number of aromatic nitrogens is 1. The third-order valence-corrected chi connectivity index (χ3v) is 11.3. The van der Waals surface area contributed by atoms with Crippen LogP contribution in [0.1, 0.15) is 53.5 Å². The number of rotatable bonds is 15. The summed E-state index contributed by atoms with van der Waals surface area (Å²) in [5.41, 5.74) is 1.09. The Morgan fingerprint density at radius 2 is 1.80 bits per heavy atom. The summed E-state index contributed by atoms with van der Waals surface area (Å²) >= 11 is 2.71. The first-order chi connectivity index (χ1) is 23.8. The molecule has 0 unspecified atom stereocenters. The number of amides is 1. The molecule has 1 aliphatic rings. The van der Waals surface area contributed by atoms with Gasteiger partial charge >= 0.3 is 5.97 Å².